The molecule has 2 aliphatic rings. The first kappa shape index (κ1) is 11.9. The van der Waals surface area contributed by atoms with E-state index in [1.165, 1.54) is 19.3 Å². The fourth-order valence-corrected chi connectivity index (χ4v) is 2.81. The van der Waals surface area contributed by atoms with Gasteiger partial charge < -0.3 is 10.1 Å². The summed E-state index contributed by atoms with van der Waals surface area (Å²) in [6, 6.07) is 0.261. The van der Waals surface area contributed by atoms with E-state index >= 15 is 0 Å². The third-order valence-electron chi connectivity index (χ3n) is 3.59. The smallest absolute Gasteiger partial charge is 0.324 e. The number of rotatable bonds is 3. The molecule has 0 saturated carbocycles. The summed E-state index contributed by atoms with van der Waals surface area (Å²) < 4.78 is 5.12. The van der Waals surface area contributed by atoms with Crippen LogP contribution in [0, 0.1) is 0 Å². The molecule has 0 aromatic carbocycles. The Kier molecular flexibility index (Phi) is 4.18. The Morgan fingerprint density at radius 3 is 2.81 bits per heavy atom. The largest absolute Gasteiger partial charge is 0.465 e. The van der Waals surface area contributed by atoms with Gasteiger partial charge in [-0.25, -0.2) is 0 Å². The van der Waals surface area contributed by atoms with Crippen molar-refractivity contribution in [3.63, 3.8) is 0 Å². The molecule has 1 N–H and O–H groups in total. The highest BCUT2D eigenvalue weighted by molar-refractivity contribution is 5.77. The minimum Gasteiger partial charge on any atom is -0.465 e. The zero-order valence-corrected chi connectivity index (χ0v) is 10.1. The summed E-state index contributed by atoms with van der Waals surface area (Å²) in [7, 11) is 0. The lowest BCUT2D eigenvalue weighted by atomic mass is 10.0. The summed E-state index contributed by atoms with van der Waals surface area (Å²) in [6.07, 6.45) is 4.95. The molecule has 0 aromatic heterocycles. The Bertz CT molecular complexity index is 239. The molecular weight excluding hydrogens is 204 g/mol. The van der Waals surface area contributed by atoms with Gasteiger partial charge in [0.05, 0.1) is 6.61 Å². The SMILES string of the molecule is CCOC(=O)[C@@H]1NCC[C@@H]1N1CCCCC1. The van der Waals surface area contributed by atoms with Crippen LogP contribution in [0.3, 0.4) is 0 Å². The van der Waals surface area contributed by atoms with E-state index in [0.29, 0.717) is 12.6 Å². The molecular formula is C12H22N2O2. The van der Waals surface area contributed by atoms with Crippen molar-refractivity contribution in [2.24, 2.45) is 0 Å². The molecule has 0 aromatic rings. The Balaban J connectivity index is 1.93. The Morgan fingerprint density at radius 1 is 1.38 bits per heavy atom. The van der Waals surface area contributed by atoms with Crippen molar-refractivity contribution in [2.45, 2.75) is 44.7 Å². The lowest BCUT2D eigenvalue weighted by Crippen LogP contribution is -2.50. The monoisotopic (exact) mass is 226 g/mol. The third-order valence-corrected chi connectivity index (χ3v) is 3.59. The molecule has 4 nitrogen and oxygen atoms in total. The van der Waals surface area contributed by atoms with Crippen LogP contribution < -0.4 is 5.32 Å². The maximum atomic E-state index is 11.8. The van der Waals surface area contributed by atoms with Gasteiger partial charge in [0.1, 0.15) is 6.04 Å². The highest BCUT2D eigenvalue weighted by Gasteiger charge is 2.37. The van der Waals surface area contributed by atoms with Crippen molar-refractivity contribution in [1.29, 1.82) is 0 Å². The van der Waals surface area contributed by atoms with Gasteiger partial charge in [-0.2, -0.15) is 0 Å². The van der Waals surface area contributed by atoms with Crippen molar-refractivity contribution in [3.8, 4) is 0 Å². The molecule has 0 bridgehead atoms. The first-order chi connectivity index (χ1) is 7.83. The van der Waals surface area contributed by atoms with Gasteiger partial charge in [-0.15, -0.1) is 0 Å². The second-order valence-electron chi connectivity index (χ2n) is 4.64. The number of carbonyl (C=O) groups is 1. The van der Waals surface area contributed by atoms with Crippen LogP contribution in [0.15, 0.2) is 0 Å². The van der Waals surface area contributed by atoms with E-state index in [-0.39, 0.29) is 12.0 Å². The summed E-state index contributed by atoms with van der Waals surface area (Å²) in [5.74, 6) is -0.0735. The minimum atomic E-state index is -0.0990. The normalized spacial score (nSPS) is 31.6. The number of hydrogen-bond donors (Lipinski definition) is 1. The van der Waals surface area contributed by atoms with Gasteiger partial charge in [-0.1, -0.05) is 6.42 Å². The predicted molar refractivity (Wildman–Crippen MR) is 62.3 cm³/mol. The highest BCUT2D eigenvalue weighted by Crippen LogP contribution is 2.20. The predicted octanol–water partition coefficient (Wildman–Crippen LogP) is 0.766. The topological polar surface area (TPSA) is 41.6 Å². The van der Waals surface area contributed by atoms with E-state index in [2.05, 4.69) is 10.2 Å². The molecule has 2 heterocycles. The Hall–Kier alpha value is -0.610. The molecule has 0 radical (unpaired) electrons. The van der Waals surface area contributed by atoms with Gasteiger partial charge >= 0.3 is 5.97 Å². The number of likely N-dealkylation sites (tertiary alicyclic amines) is 1. The lowest BCUT2D eigenvalue weighted by molar-refractivity contribution is -0.146. The van der Waals surface area contributed by atoms with Gasteiger partial charge in [0.15, 0.2) is 0 Å². The van der Waals surface area contributed by atoms with Crippen LogP contribution in [0.2, 0.25) is 0 Å². The third kappa shape index (κ3) is 2.55. The number of esters is 1. The van der Waals surface area contributed by atoms with Crippen molar-refractivity contribution in [3.05, 3.63) is 0 Å². The number of carbonyl (C=O) groups excluding carboxylic acids is 1. The summed E-state index contributed by atoms with van der Waals surface area (Å²) in [6.45, 7) is 5.56. The van der Waals surface area contributed by atoms with Crippen LogP contribution in [0.1, 0.15) is 32.6 Å². The quantitative estimate of drug-likeness (QED) is 0.722. The van der Waals surface area contributed by atoms with Crippen LogP contribution in [-0.4, -0.2) is 49.2 Å². The van der Waals surface area contributed by atoms with E-state index in [1.54, 1.807) is 0 Å². The molecule has 4 heteroatoms. The van der Waals surface area contributed by atoms with Crippen molar-refractivity contribution < 1.29 is 9.53 Å². The van der Waals surface area contributed by atoms with E-state index in [4.69, 9.17) is 4.74 Å². The second kappa shape index (κ2) is 5.64. The first-order valence-corrected chi connectivity index (χ1v) is 6.47. The van der Waals surface area contributed by atoms with E-state index in [9.17, 15) is 4.79 Å². The molecule has 0 amide bonds. The average molecular weight is 226 g/mol. The molecule has 2 aliphatic heterocycles. The molecule has 0 unspecified atom stereocenters. The number of hydrogen-bond acceptors (Lipinski definition) is 4. The van der Waals surface area contributed by atoms with E-state index in [0.717, 1.165) is 26.1 Å². The van der Waals surface area contributed by atoms with Gasteiger partial charge in [0, 0.05) is 6.04 Å². The van der Waals surface area contributed by atoms with Gasteiger partial charge in [-0.05, 0) is 45.8 Å². The van der Waals surface area contributed by atoms with Crippen LogP contribution in [0.4, 0.5) is 0 Å². The second-order valence-corrected chi connectivity index (χ2v) is 4.64. The van der Waals surface area contributed by atoms with E-state index < -0.39 is 0 Å². The van der Waals surface area contributed by atoms with Crippen LogP contribution in [0.25, 0.3) is 0 Å². The standard InChI is InChI=1S/C12H22N2O2/c1-2-16-12(15)11-10(6-7-13-11)14-8-4-3-5-9-14/h10-11,13H,2-9H2,1H3/t10-,11+/m0/s1. The van der Waals surface area contributed by atoms with Gasteiger partial charge in [0.25, 0.3) is 0 Å². The molecule has 2 atom stereocenters. The van der Waals surface area contributed by atoms with Crippen LogP contribution in [-0.2, 0) is 9.53 Å². The van der Waals surface area contributed by atoms with Gasteiger partial charge in [-0.3, -0.25) is 9.69 Å². The van der Waals surface area contributed by atoms with Crippen molar-refractivity contribution >= 4 is 5.97 Å². The molecule has 0 aliphatic carbocycles. The van der Waals surface area contributed by atoms with Crippen molar-refractivity contribution in [2.75, 3.05) is 26.2 Å². The molecule has 16 heavy (non-hydrogen) atoms. The average Bonchev–Trinajstić information content (AvgIpc) is 2.79. The number of nitrogens with zero attached hydrogens (tertiary/aromatic N) is 1. The fourth-order valence-electron chi connectivity index (χ4n) is 2.81. The van der Waals surface area contributed by atoms with Gasteiger partial charge in [0.2, 0.25) is 0 Å². The summed E-state index contributed by atoms with van der Waals surface area (Å²) in [5, 5.41) is 3.27. The zero-order valence-electron chi connectivity index (χ0n) is 10.1. The maximum absolute atomic E-state index is 11.8. The molecule has 2 fully saturated rings. The molecule has 92 valence electrons. The molecule has 2 rings (SSSR count). The lowest BCUT2D eigenvalue weighted by Gasteiger charge is -2.34. The number of ether oxygens (including phenoxy) is 1. The zero-order chi connectivity index (χ0) is 11.4. The fraction of sp³-hybridized carbons (Fsp3) is 0.917. The van der Waals surface area contributed by atoms with Crippen molar-refractivity contribution in [1.82, 2.24) is 10.2 Å². The maximum Gasteiger partial charge on any atom is 0.324 e. The minimum absolute atomic E-state index is 0.0735. The Labute approximate surface area is 97.3 Å². The summed E-state index contributed by atoms with van der Waals surface area (Å²) in [4.78, 5) is 14.3. The molecule has 2 saturated heterocycles. The van der Waals surface area contributed by atoms with E-state index in [1.807, 2.05) is 6.92 Å². The summed E-state index contributed by atoms with van der Waals surface area (Å²) in [5.41, 5.74) is 0. The summed E-state index contributed by atoms with van der Waals surface area (Å²) >= 11 is 0. The van der Waals surface area contributed by atoms with Crippen LogP contribution >= 0.6 is 0 Å². The highest BCUT2D eigenvalue weighted by atomic mass is 16.5. The first-order valence-electron chi connectivity index (χ1n) is 6.47. The Morgan fingerprint density at radius 2 is 2.12 bits per heavy atom. The van der Waals surface area contributed by atoms with Crippen LogP contribution in [0.5, 0.6) is 0 Å². The molecule has 0 spiro atoms. The number of piperidine rings is 1. The number of nitrogens with one attached hydrogen (secondary N) is 1.